The molecule has 2 aliphatic heterocycles. The molecule has 4 rings (SSSR count). The van der Waals surface area contributed by atoms with Crippen LogP contribution in [0, 0.1) is 0 Å². The van der Waals surface area contributed by atoms with Gasteiger partial charge in [-0.05, 0) is 55.9 Å². The van der Waals surface area contributed by atoms with Crippen molar-refractivity contribution in [2.24, 2.45) is 0 Å². The molecule has 1 amide bonds. The van der Waals surface area contributed by atoms with E-state index in [1.165, 1.54) is 29.0 Å². The molecule has 5 heteroatoms. The summed E-state index contributed by atoms with van der Waals surface area (Å²) in [4.78, 5) is 16.8. The van der Waals surface area contributed by atoms with Crippen LogP contribution in [-0.2, 0) is 11.2 Å². The second-order valence-electron chi connectivity index (χ2n) is 7.03. The zero-order chi connectivity index (χ0) is 17.8. The number of nitrogens with one attached hydrogen (secondary N) is 1. The van der Waals surface area contributed by atoms with Gasteiger partial charge in [-0.15, -0.1) is 11.3 Å². The molecule has 1 saturated heterocycles. The first-order chi connectivity index (χ1) is 12.8. The van der Waals surface area contributed by atoms with Gasteiger partial charge < -0.3 is 15.0 Å². The van der Waals surface area contributed by atoms with Crippen molar-refractivity contribution in [1.82, 2.24) is 5.32 Å². The Kier molecular flexibility index (Phi) is 5.56. The number of aryl methyl sites for hydroxylation is 1. The highest BCUT2D eigenvalue weighted by atomic mass is 32.1. The molecule has 0 spiro atoms. The molecule has 2 aromatic rings. The van der Waals surface area contributed by atoms with Crippen LogP contribution in [0.25, 0.3) is 0 Å². The average molecular weight is 371 g/mol. The molecule has 1 aromatic heterocycles. The first-order valence-corrected chi connectivity index (χ1v) is 10.5. The Balaban J connectivity index is 1.24. The van der Waals surface area contributed by atoms with E-state index in [9.17, 15) is 4.79 Å². The Morgan fingerprint density at radius 3 is 3.04 bits per heavy atom. The number of rotatable bonds is 6. The van der Waals surface area contributed by atoms with Crippen LogP contribution < -0.4 is 10.2 Å². The van der Waals surface area contributed by atoms with Gasteiger partial charge in [-0.25, -0.2) is 0 Å². The lowest BCUT2D eigenvalue weighted by Crippen LogP contribution is -2.33. The molecule has 1 fully saturated rings. The quantitative estimate of drug-likeness (QED) is 0.776. The summed E-state index contributed by atoms with van der Waals surface area (Å²) in [6, 6.07) is 12.6. The van der Waals surface area contributed by atoms with Crippen molar-refractivity contribution in [2.75, 3.05) is 31.1 Å². The summed E-state index contributed by atoms with van der Waals surface area (Å²) in [5.41, 5.74) is 2.81. The summed E-state index contributed by atoms with van der Waals surface area (Å²) in [5, 5.41) is 3.07. The second-order valence-corrected chi connectivity index (χ2v) is 8.15. The number of carbonyl (C=O) groups excluding carboxylic acids is 1. The van der Waals surface area contributed by atoms with Gasteiger partial charge in [-0.1, -0.05) is 18.2 Å². The van der Waals surface area contributed by atoms with E-state index in [0.29, 0.717) is 6.54 Å². The van der Waals surface area contributed by atoms with Gasteiger partial charge >= 0.3 is 0 Å². The highest BCUT2D eigenvalue weighted by molar-refractivity contribution is 7.14. The minimum absolute atomic E-state index is 0.0401. The number of fused-ring (bicyclic) bond motifs is 1. The number of para-hydroxylation sites is 1. The van der Waals surface area contributed by atoms with Crippen LogP contribution in [0.5, 0.6) is 0 Å². The van der Waals surface area contributed by atoms with Gasteiger partial charge in [-0.3, -0.25) is 4.79 Å². The number of ether oxygens (including phenoxy) is 1. The van der Waals surface area contributed by atoms with Gasteiger partial charge in [0.2, 0.25) is 0 Å². The number of hydrogen-bond acceptors (Lipinski definition) is 4. The SMILES string of the molecule is O=C(NCCCN1CCCc2ccccc21)c1ccc(C2CCCO2)s1. The maximum atomic E-state index is 12.4. The Morgan fingerprint density at radius 2 is 2.15 bits per heavy atom. The van der Waals surface area contributed by atoms with Gasteiger partial charge in [0, 0.05) is 36.8 Å². The second kappa shape index (κ2) is 8.23. The predicted octanol–water partition coefficient (Wildman–Crippen LogP) is 4.17. The molecule has 1 atom stereocenters. The van der Waals surface area contributed by atoms with E-state index in [1.807, 2.05) is 12.1 Å². The molecule has 0 radical (unpaired) electrons. The number of anilines is 1. The molecule has 0 saturated carbocycles. The fourth-order valence-electron chi connectivity index (χ4n) is 3.85. The van der Waals surface area contributed by atoms with Crippen molar-refractivity contribution < 1.29 is 9.53 Å². The van der Waals surface area contributed by atoms with E-state index in [1.54, 1.807) is 11.3 Å². The third-order valence-corrected chi connectivity index (χ3v) is 6.37. The predicted molar refractivity (Wildman–Crippen MR) is 106 cm³/mol. The minimum Gasteiger partial charge on any atom is -0.373 e. The summed E-state index contributed by atoms with van der Waals surface area (Å²) in [6.07, 6.45) is 5.73. The first-order valence-electron chi connectivity index (χ1n) is 9.63. The molecule has 4 nitrogen and oxygen atoms in total. The lowest BCUT2D eigenvalue weighted by molar-refractivity contribution is 0.0957. The number of carbonyl (C=O) groups is 1. The smallest absolute Gasteiger partial charge is 0.261 e. The van der Waals surface area contributed by atoms with E-state index in [2.05, 4.69) is 34.5 Å². The van der Waals surface area contributed by atoms with Crippen LogP contribution >= 0.6 is 11.3 Å². The van der Waals surface area contributed by atoms with E-state index < -0.39 is 0 Å². The molecule has 2 aliphatic rings. The summed E-state index contributed by atoms with van der Waals surface area (Å²) < 4.78 is 5.70. The van der Waals surface area contributed by atoms with Crippen LogP contribution in [0.2, 0.25) is 0 Å². The monoisotopic (exact) mass is 370 g/mol. The topological polar surface area (TPSA) is 41.6 Å². The van der Waals surface area contributed by atoms with E-state index in [-0.39, 0.29) is 12.0 Å². The van der Waals surface area contributed by atoms with Crippen LogP contribution in [0.15, 0.2) is 36.4 Å². The summed E-state index contributed by atoms with van der Waals surface area (Å²) in [6.45, 7) is 3.65. The normalized spacial score (nSPS) is 19.4. The Morgan fingerprint density at radius 1 is 1.23 bits per heavy atom. The average Bonchev–Trinajstić information content (AvgIpc) is 3.36. The molecule has 0 aliphatic carbocycles. The maximum Gasteiger partial charge on any atom is 0.261 e. The van der Waals surface area contributed by atoms with Gasteiger partial charge in [0.15, 0.2) is 0 Å². The summed E-state index contributed by atoms with van der Waals surface area (Å²) >= 11 is 1.57. The Hall–Kier alpha value is -1.85. The molecule has 1 unspecified atom stereocenters. The molecular formula is C21H26N2O2S. The lowest BCUT2D eigenvalue weighted by atomic mass is 10.0. The van der Waals surface area contributed by atoms with Crippen LogP contribution in [0.3, 0.4) is 0 Å². The molecule has 138 valence electrons. The first kappa shape index (κ1) is 17.6. The standard InChI is InChI=1S/C21H26N2O2S/c24-21(20-11-10-19(26-20)18-9-4-15-25-18)22-12-5-14-23-13-3-7-16-6-1-2-8-17(16)23/h1-2,6,8,10-11,18H,3-5,7,9,12-15H2,(H,22,24). The largest absolute Gasteiger partial charge is 0.373 e. The third-order valence-electron chi connectivity index (χ3n) is 5.19. The van der Waals surface area contributed by atoms with Crippen LogP contribution in [-0.4, -0.2) is 32.1 Å². The number of benzene rings is 1. The summed E-state index contributed by atoms with van der Waals surface area (Å²) in [5.74, 6) is 0.0401. The van der Waals surface area contributed by atoms with Crippen LogP contribution in [0.4, 0.5) is 5.69 Å². The van der Waals surface area contributed by atoms with E-state index in [0.717, 1.165) is 43.8 Å². The zero-order valence-corrected chi connectivity index (χ0v) is 15.9. The van der Waals surface area contributed by atoms with Crippen molar-refractivity contribution in [3.05, 3.63) is 51.7 Å². The fourth-order valence-corrected chi connectivity index (χ4v) is 4.86. The van der Waals surface area contributed by atoms with Gasteiger partial charge in [0.05, 0.1) is 11.0 Å². The lowest BCUT2D eigenvalue weighted by Gasteiger charge is -2.31. The minimum atomic E-state index is 0.0401. The molecule has 1 aromatic carbocycles. The van der Waals surface area contributed by atoms with E-state index in [4.69, 9.17) is 4.74 Å². The van der Waals surface area contributed by atoms with Gasteiger partial charge in [-0.2, -0.15) is 0 Å². The van der Waals surface area contributed by atoms with Crippen molar-refractivity contribution in [1.29, 1.82) is 0 Å². The van der Waals surface area contributed by atoms with Crippen molar-refractivity contribution in [3.63, 3.8) is 0 Å². The van der Waals surface area contributed by atoms with Gasteiger partial charge in [0.25, 0.3) is 5.91 Å². The number of hydrogen-bond donors (Lipinski definition) is 1. The van der Waals surface area contributed by atoms with Gasteiger partial charge in [0.1, 0.15) is 0 Å². The molecule has 1 N–H and O–H groups in total. The van der Waals surface area contributed by atoms with Crippen LogP contribution in [0.1, 0.15) is 51.9 Å². The molecule has 26 heavy (non-hydrogen) atoms. The molecular weight excluding hydrogens is 344 g/mol. The number of nitrogens with zero attached hydrogens (tertiary/aromatic N) is 1. The Bertz CT molecular complexity index is 752. The third kappa shape index (κ3) is 3.94. The highest BCUT2D eigenvalue weighted by Crippen LogP contribution is 2.33. The van der Waals surface area contributed by atoms with E-state index >= 15 is 0 Å². The number of amides is 1. The fraction of sp³-hybridized carbons (Fsp3) is 0.476. The van der Waals surface area contributed by atoms with Crippen molar-refractivity contribution in [3.8, 4) is 0 Å². The highest BCUT2D eigenvalue weighted by Gasteiger charge is 2.21. The summed E-state index contributed by atoms with van der Waals surface area (Å²) in [7, 11) is 0. The molecule has 0 bridgehead atoms. The van der Waals surface area contributed by atoms with Crippen molar-refractivity contribution >= 4 is 22.9 Å². The Labute approximate surface area is 159 Å². The molecule has 3 heterocycles. The van der Waals surface area contributed by atoms with Crippen molar-refractivity contribution in [2.45, 2.75) is 38.2 Å². The number of thiophene rings is 1. The zero-order valence-electron chi connectivity index (χ0n) is 15.1. The maximum absolute atomic E-state index is 12.4.